The van der Waals surface area contributed by atoms with E-state index in [1.807, 2.05) is 30.3 Å². The van der Waals surface area contributed by atoms with Crippen molar-refractivity contribution in [2.45, 2.75) is 38.5 Å². The van der Waals surface area contributed by atoms with E-state index in [9.17, 15) is 4.79 Å². The molecule has 0 saturated heterocycles. The van der Waals surface area contributed by atoms with Gasteiger partial charge in [-0.3, -0.25) is 9.89 Å². The second-order valence-corrected chi connectivity index (χ2v) is 6.54. The number of aromatic amines is 1. The molecular weight excluding hydrogens is 288 g/mol. The number of rotatable bonds is 5. The van der Waals surface area contributed by atoms with Crippen LogP contribution in [0.15, 0.2) is 36.5 Å². The Kier molecular flexibility index (Phi) is 4.76. The van der Waals surface area contributed by atoms with Gasteiger partial charge in [0.05, 0.1) is 5.69 Å². The fraction of sp³-hybridized carbons (Fsp3) is 0.444. The Hall–Kier alpha value is -2.14. The van der Waals surface area contributed by atoms with Crippen molar-refractivity contribution in [2.24, 2.45) is 11.1 Å². The third-order valence-corrected chi connectivity index (χ3v) is 4.86. The van der Waals surface area contributed by atoms with Crippen LogP contribution in [0.1, 0.15) is 38.5 Å². The molecule has 0 unspecified atom stereocenters. The van der Waals surface area contributed by atoms with Crippen LogP contribution in [0.2, 0.25) is 0 Å². The van der Waals surface area contributed by atoms with Crippen molar-refractivity contribution in [1.29, 1.82) is 0 Å². The molecule has 0 bridgehead atoms. The summed E-state index contributed by atoms with van der Waals surface area (Å²) in [6.07, 6.45) is 8.00. The van der Waals surface area contributed by atoms with Gasteiger partial charge in [-0.1, -0.05) is 31.4 Å². The summed E-state index contributed by atoms with van der Waals surface area (Å²) in [5.74, 6) is 0.0617. The lowest BCUT2D eigenvalue weighted by molar-refractivity contribution is -0.118. The van der Waals surface area contributed by atoms with E-state index in [0.29, 0.717) is 13.0 Å². The minimum atomic E-state index is -0.00179. The zero-order valence-corrected chi connectivity index (χ0v) is 13.3. The maximum absolute atomic E-state index is 12.4. The summed E-state index contributed by atoms with van der Waals surface area (Å²) >= 11 is 0. The second kappa shape index (κ2) is 6.96. The summed E-state index contributed by atoms with van der Waals surface area (Å²) in [4.78, 5) is 12.4. The first kappa shape index (κ1) is 15.7. The van der Waals surface area contributed by atoms with E-state index in [-0.39, 0.29) is 11.3 Å². The van der Waals surface area contributed by atoms with E-state index < -0.39 is 0 Å². The van der Waals surface area contributed by atoms with Crippen LogP contribution < -0.4 is 11.1 Å². The number of anilines is 1. The van der Waals surface area contributed by atoms with Crippen molar-refractivity contribution in [2.75, 3.05) is 11.9 Å². The zero-order chi connectivity index (χ0) is 16.1. The summed E-state index contributed by atoms with van der Waals surface area (Å²) in [7, 11) is 0. The average molecular weight is 312 g/mol. The summed E-state index contributed by atoms with van der Waals surface area (Å²) in [6.45, 7) is 0.596. The molecule has 1 aromatic carbocycles. The fourth-order valence-corrected chi connectivity index (χ4v) is 3.45. The van der Waals surface area contributed by atoms with Gasteiger partial charge < -0.3 is 11.1 Å². The first-order chi connectivity index (χ1) is 11.2. The summed E-state index contributed by atoms with van der Waals surface area (Å²) in [5.41, 5.74) is 8.80. The number of carbonyl (C=O) groups excluding carboxylic acids is 1. The monoisotopic (exact) mass is 312 g/mol. The summed E-state index contributed by atoms with van der Waals surface area (Å²) in [5, 5.41) is 9.87. The van der Waals surface area contributed by atoms with E-state index in [2.05, 4.69) is 15.5 Å². The molecule has 0 spiro atoms. The normalized spacial score (nSPS) is 16.9. The SMILES string of the molecule is NCC1(CC(=O)Nc2ccc(-c3ccn[nH]3)cc2)CCCCC1. The minimum absolute atomic E-state index is 0.00179. The molecule has 23 heavy (non-hydrogen) atoms. The highest BCUT2D eigenvalue weighted by Crippen LogP contribution is 2.38. The number of nitrogens with zero attached hydrogens (tertiary/aromatic N) is 1. The molecule has 0 radical (unpaired) electrons. The lowest BCUT2D eigenvalue weighted by Gasteiger charge is -2.35. The molecule has 122 valence electrons. The first-order valence-electron chi connectivity index (χ1n) is 8.31. The van der Waals surface area contributed by atoms with Crippen LogP contribution in [0.5, 0.6) is 0 Å². The smallest absolute Gasteiger partial charge is 0.224 e. The van der Waals surface area contributed by atoms with Crippen LogP contribution in [0.25, 0.3) is 11.3 Å². The Bertz CT molecular complexity index is 628. The molecule has 1 fully saturated rings. The number of hydrogen-bond acceptors (Lipinski definition) is 3. The molecule has 5 nitrogen and oxygen atoms in total. The number of amides is 1. The van der Waals surface area contributed by atoms with Crippen LogP contribution in [-0.2, 0) is 4.79 Å². The van der Waals surface area contributed by atoms with Gasteiger partial charge in [-0.25, -0.2) is 0 Å². The van der Waals surface area contributed by atoms with E-state index in [4.69, 9.17) is 5.73 Å². The molecular formula is C18H24N4O. The molecule has 1 aromatic heterocycles. The van der Waals surface area contributed by atoms with E-state index in [0.717, 1.165) is 29.8 Å². The van der Waals surface area contributed by atoms with Gasteiger partial charge in [-0.2, -0.15) is 5.10 Å². The van der Waals surface area contributed by atoms with Crippen molar-refractivity contribution in [3.63, 3.8) is 0 Å². The number of nitrogens with one attached hydrogen (secondary N) is 2. The van der Waals surface area contributed by atoms with Gasteiger partial charge in [-0.05, 0) is 48.6 Å². The zero-order valence-electron chi connectivity index (χ0n) is 13.3. The van der Waals surface area contributed by atoms with Gasteiger partial charge in [0.2, 0.25) is 5.91 Å². The van der Waals surface area contributed by atoms with Gasteiger partial charge >= 0.3 is 0 Å². The quantitative estimate of drug-likeness (QED) is 0.792. The van der Waals surface area contributed by atoms with Crippen molar-refractivity contribution in [3.05, 3.63) is 36.5 Å². The first-order valence-corrected chi connectivity index (χ1v) is 8.31. The van der Waals surface area contributed by atoms with Crippen LogP contribution in [0, 0.1) is 5.41 Å². The molecule has 0 aliphatic heterocycles. The van der Waals surface area contributed by atoms with Gasteiger partial charge in [0.25, 0.3) is 0 Å². The van der Waals surface area contributed by atoms with Crippen LogP contribution in [0.4, 0.5) is 5.69 Å². The number of aromatic nitrogens is 2. The van der Waals surface area contributed by atoms with Crippen molar-refractivity contribution < 1.29 is 4.79 Å². The lowest BCUT2D eigenvalue weighted by Crippen LogP contribution is -2.36. The third-order valence-electron chi connectivity index (χ3n) is 4.86. The number of nitrogens with two attached hydrogens (primary N) is 1. The standard InChI is InChI=1S/C18H24N4O/c19-13-18(9-2-1-3-10-18)12-17(23)21-15-6-4-14(5-7-15)16-8-11-20-22-16/h4-8,11H,1-3,9-10,12-13,19H2,(H,20,22)(H,21,23). The Morgan fingerprint density at radius 2 is 1.91 bits per heavy atom. The van der Waals surface area contributed by atoms with Gasteiger partial charge in [-0.15, -0.1) is 0 Å². The Morgan fingerprint density at radius 1 is 1.17 bits per heavy atom. The molecule has 0 atom stereocenters. The Labute approximate surface area is 136 Å². The Morgan fingerprint density at radius 3 is 2.52 bits per heavy atom. The van der Waals surface area contributed by atoms with Gasteiger partial charge in [0, 0.05) is 18.3 Å². The highest BCUT2D eigenvalue weighted by Gasteiger charge is 2.32. The third kappa shape index (κ3) is 3.79. The molecule has 4 N–H and O–H groups in total. The summed E-state index contributed by atoms with van der Waals surface area (Å²) in [6, 6.07) is 9.71. The maximum Gasteiger partial charge on any atom is 0.224 e. The number of H-pyrrole nitrogens is 1. The Balaban J connectivity index is 1.61. The average Bonchev–Trinajstić information content (AvgIpc) is 3.11. The summed E-state index contributed by atoms with van der Waals surface area (Å²) < 4.78 is 0. The highest BCUT2D eigenvalue weighted by atomic mass is 16.1. The van der Waals surface area contributed by atoms with Crippen LogP contribution in [0.3, 0.4) is 0 Å². The van der Waals surface area contributed by atoms with Crippen LogP contribution >= 0.6 is 0 Å². The molecule has 1 saturated carbocycles. The number of benzene rings is 1. The molecule has 2 aromatic rings. The van der Waals surface area contributed by atoms with E-state index >= 15 is 0 Å². The number of hydrogen-bond donors (Lipinski definition) is 3. The second-order valence-electron chi connectivity index (χ2n) is 6.54. The molecule has 3 rings (SSSR count). The lowest BCUT2D eigenvalue weighted by atomic mass is 9.71. The number of carbonyl (C=O) groups is 1. The van der Waals surface area contributed by atoms with Crippen molar-refractivity contribution in [1.82, 2.24) is 10.2 Å². The van der Waals surface area contributed by atoms with Crippen LogP contribution in [-0.4, -0.2) is 22.6 Å². The largest absolute Gasteiger partial charge is 0.330 e. The van der Waals surface area contributed by atoms with Gasteiger partial charge in [0.1, 0.15) is 0 Å². The highest BCUT2D eigenvalue weighted by molar-refractivity contribution is 5.91. The van der Waals surface area contributed by atoms with Crippen molar-refractivity contribution >= 4 is 11.6 Å². The predicted molar refractivity (Wildman–Crippen MR) is 91.8 cm³/mol. The molecule has 5 heteroatoms. The maximum atomic E-state index is 12.4. The molecule has 1 aliphatic carbocycles. The molecule has 1 heterocycles. The van der Waals surface area contributed by atoms with Gasteiger partial charge in [0.15, 0.2) is 0 Å². The minimum Gasteiger partial charge on any atom is -0.330 e. The molecule has 1 aliphatic rings. The van der Waals surface area contributed by atoms with E-state index in [1.165, 1.54) is 19.3 Å². The molecule has 1 amide bonds. The van der Waals surface area contributed by atoms with E-state index in [1.54, 1.807) is 6.20 Å². The predicted octanol–water partition coefficient (Wildman–Crippen LogP) is 3.31. The fourth-order valence-electron chi connectivity index (χ4n) is 3.45. The topological polar surface area (TPSA) is 83.8 Å². The van der Waals surface area contributed by atoms with Crippen molar-refractivity contribution in [3.8, 4) is 11.3 Å².